The molecule has 18 heavy (non-hydrogen) atoms. The van der Waals surface area contributed by atoms with E-state index in [1.807, 2.05) is 26.8 Å². The van der Waals surface area contributed by atoms with Gasteiger partial charge in [-0.05, 0) is 40.0 Å². The van der Waals surface area contributed by atoms with Gasteiger partial charge in [0.25, 0.3) is 0 Å². The summed E-state index contributed by atoms with van der Waals surface area (Å²) in [5, 5.41) is -0.576. The second-order valence-corrected chi connectivity index (χ2v) is 7.08. The number of hydrogen-bond donors (Lipinski definition) is 0. The molecule has 1 atom stereocenters. The first-order valence-electron chi connectivity index (χ1n) is 6.89. The van der Waals surface area contributed by atoms with Gasteiger partial charge in [0.15, 0.2) is 5.22 Å². The highest BCUT2D eigenvalue weighted by Crippen LogP contribution is 2.37. The molecule has 5 heteroatoms. The molecule has 106 valence electrons. The molecule has 0 bridgehead atoms. The minimum absolute atomic E-state index is 0.561. The minimum atomic E-state index is -2.89. The summed E-state index contributed by atoms with van der Waals surface area (Å²) < 4.78 is 23.8. The molecule has 0 aromatic heterocycles. The molecule has 0 aliphatic carbocycles. The van der Waals surface area contributed by atoms with Gasteiger partial charge in [0.1, 0.15) is 0 Å². The van der Waals surface area contributed by atoms with Gasteiger partial charge in [-0.25, -0.2) is 0 Å². The molecule has 1 aliphatic rings. The Morgan fingerprint density at radius 2 is 1.67 bits per heavy atom. The number of hydrogen-bond acceptors (Lipinski definition) is 4. The smallest absolute Gasteiger partial charge is 0.372 e. The Balaban J connectivity index is 3.05. The molecule has 1 fully saturated rings. The van der Waals surface area contributed by atoms with Crippen LogP contribution in [0, 0.1) is 0 Å². The molecular weight excluding hydrogens is 248 g/mol. The van der Waals surface area contributed by atoms with E-state index in [0.717, 1.165) is 19.3 Å². The zero-order valence-corrected chi connectivity index (χ0v) is 12.9. The van der Waals surface area contributed by atoms with E-state index in [2.05, 4.69) is 6.58 Å². The Kier molecular flexibility index (Phi) is 6.52. The lowest BCUT2D eigenvalue weighted by molar-refractivity contribution is -0.0680. The molecule has 1 heterocycles. The number of rotatable bonds is 8. The van der Waals surface area contributed by atoms with Gasteiger partial charge in [-0.2, -0.15) is 0 Å². The normalized spacial score (nSPS) is 25.1. The van der Waals surface area contributed by atoms with Crippen LogP contribution < -0.4 is 0 Å². The maximum atomic E-state index is 6.01. The fourth-order valence-electron chi connectivity index (χ4n) is 2.41. The lowest BCUT2D eigenvalue weighted by Crippen LogP contribution is -2.66. The SMILES string of the molecule is C=CC1([Si](OCC)(OCC)OCC)CCCCO1. The van der Waals surface area contributed by atoms with E-state index in [4.69, 9.17) is 18.0 Å². The maximum Gasteiger partial charge on any atom is 0.538 e. The molecule has 1 aliphatic heterocycles. The fraction of sp³-hybridized carbons (Fsp3) is 0.846. The van der Waals surface area contributed by atoms with Crippen molar-refractivity contribution in [3.63, 3.8) is 0 Å². The third kappa shape index (κ3) is 3.03. The van der Waals surface area contributed by atoms with Crippen molar-refractivity contribution in [1.82, 2.24) is 0 Å². The molecular formula is C13H26O4Si. The monoisotopic (exact) mass is 274 g/mol. The first kappa shape index (κ1) is 15.9. The maximum absolute atomic E-state index is 6.01. The van der Waals surface area contributed by atoms with E-state index < -0.39 is 14.0 Å². The molecule has 1 unspecified atom stereocenters. The van der Waals surface area contributed by atoms with E-state index in [9.17, 15) is 0 Å². The van der Waals surface area contributed by atoms with Gasteiger partial charge in [-0.3, -0.25) is 0 Å². The highest BCUT2D eigenvalue weighted by atomic mass is 28.4. The molecule has 0 amide bonds. The summed E-state index contributed by atoms with van der Waals surface area (Å²) in [6.07, 6.45) is 4.86. The summed E-state index contributed by atoms with van der Waals surface area (Å²) in [7, 11) is -2.89. The number of ether oxygens (including phenoxy) is 1. The van der Waals surface area contributed by atoms with Crippen molar-refractivity contribution in [2.45, 2.75) is 45.3 Å². The van der Waals surface area contributed by atoms with Crippen molar-refractivity contribution in [3.05, 3.63) is 12.7 Å². The summed E-state index contributed by atoms with van der Waals surface area (Å²) in [5.74, 6) is 0. The lowest BCUT2D eigenvalue weighted by atomic mass is 10.1. The predicted molar refractivity (Wildman–Crippen MR) is 73.4 cm³/mol. The average Bonchev–Trinajstić information content (AvgIpc) is 2.40. The topological polar surface area (TPSA) is 36.9 Å². The van der Waals surface area contributed by atoms with Crippen molar-refractivity contribution in [1.29, 1.82) is 0 Å². The van der Waals surface area contributed by atoms with Gasteiger partial charge >= 0.3 is 8.80 Å². The molecule has 0 aromatic carbocycles. The highest BCUT2D eigenvalue weighted by molar-refractivity contribution is 6.64. The van der Waals surface area contributed by atoms with Crippen LogP contribution in [-0.2, 0) is 18.0 Å². The third-order valence-electron chi connectivity index (χ3n) is 3.15. The summed E-state index contributed by atoms with van der Waals surface area (Å²) >= 11 is 0. The zero-order valence-electron chi connectivity index (χ0n) is 11.9. The van der Waals surface area contributed by atoms with E-state index in [-0.39, 0.29) is 0 Å². The minimum Gasteiger partial charge on any atom is -0.372 e. The summed E-state index contributed by atoms with van der Waals surface area (Å²) in [6.45, 7) is 12.2. The van der Waals surface area contributed by atoms with Crippen LogP contribution in [0.3, 0.4) is 0 Å². The molecule has 1 saturated heterocycles. The van der Waals surface area contributed by atoms with E-state index in [0.29, 0.717) is 26.4 Å². The fourth-order valence-corrected chi connectivity index (χ4v) is 5.54. The van der Waals surface area contributed by atoms with E-state index >= 15 is 0 Å². The van der Waals surface area contributed by atoms with Crippen molar-refractivity contribution in [2.24, 2.45) is 0 Å². The van der Waals surface area contributed by atoms with Crippen molar-refractivity contribution in [3.8, 4) is 0 Å². The summed E-state index contributed by atoms with van der Waals surface area (Å²) in [4.78, 5) is 0. The molecule has 0 saturated carbocycles. The van der Waals surface area contributed by atoms with Crippen LogP contribution in [0.25, 0.3) is 0 Å². The van der Waals surface area contributed by atoms with Gasteiger partial charge < -0.3 is 18.0 Å². The van der Waals surface area contributed by atoms with Crippen LogP contribution >= 0.6 is 0 Å². The first-order chi connectivity index (χ1) is 8.70. The van der Waals surface area contributed by atoms with Gasteiger partial charge in [0, 0.05) is 26.4 Å². The lowest BCUT2D eigenvalue weighted by Gasteiger charge is -2.44. The quantitative estimate of drug-likeness (QED) is 0.504. The van der Waals surface area contributed by atoms with Crippen molar-refractivity contribution >= 4 is 8.80 Å². The molecule has 0 radical (unpaired) electrons. The predicted octanol–water partition coefficient (Wildman–Crippen LogP) is 2.70. The molecule has 0 spiro atoms. The Labute approximate surface area is 112 Å². The molecule has 4 nitrogen and oxygen atoms in total. The molecule has 0 N–H and O–H groups in total. The second kappa shape index (κ2) is 7.40. The molecule has 0 aromatic rings. The Bertz CT molecular complexity index is 234. The zero-order chi connectivity index (χ0) is 13.5. The van der Waals surface area contributed by atoms with E-state index in [1.54, 1.807) is 0 Å². The van der Waals surface area contributed by atoms with Crippen molar-refractivity contribution in [2.75, 3.05) is 26.4 Å². The van der Waals surface area contributed by atoms with Crippen molar-refractivity contribution < 1.29 is 18.0 Å². The summed E-state index contributed by atoms with van der Waals surface area (Å²) in [5.41, 5.74) is 0. The van der Waals surface area contributed by atoms with Gasteiger partial charge in [0.2, 0.25) is 0 Å². The van der Waals surface area contributed by atoms with E-state index in [1.165, 1.54) is 0 Å². The Hall–Kier alpha value is -0.203. The largest absolute Gasteiger partial charge is 0.538 e. The van der Waals surface area contributed by atoms with Gasteiger partial charge in [-0.15, -0.1) is 6.58 Å². The van der Waals surface area contributed by atoms with Crippen LogP contribution in [-0.4, -0.2) is 40.5 Å². The Morgan fingerprint density at radius 3 is 2.00 bits per heavy atom. The van der Waals surface area contributed by atoms with Crippen LogP contribution in [0.5, 0.6) is 0 Å². The van der Waals surface area contributed by atoms with Crippen LogP contribution in [0.1, 0.15) is 40.0 Å². The first-order valence-corrected chi connectivity index (χ1v) is 8.62. The van der Waals surface area contributed by atoms with Crippen LogP contribution in [0.4, 0.5) is 0 Å². The van der Waals surface area contributed by atoms with Gasteiger partial charge in [-0.1, -0.05) is 6.08 Å². The second-order valence-electron chi connectivity index (χ2n) is 4.25. The molecule has 1 rings (SSSR count). The standard InChI is InChI=1S/C13H26O4Si/c1-5-13(11-9-10-12-14-13)18(15-6-2,16-7-3)17-8-4/h5H,1,6-12H2,2-4H3. The average molecular weight is 274 g/mol. The third-order valence-corrected chi connectivity index (χ3v) is 6.79. The van der Waals surface area contributed by atoms with Crippen LogP contribution in [0.2, 0.25) is 0 Å². The van der Waals surface area contributed by atoms with Gasteiger partial charge in [0.05, 0.1) is 0 Å². The Morgan fingerprint density at radius 1 is 1.11 bits per heavy atom. The highest BCUT2D eigenvalue weighted by Gasteiger charge is 2.61. The van der Waals surface area contributed by atoms with Crippen LogP contribution in [0.15, 0.2) is 12.7 Å². The summed E-state index contributed by atoms with van der Waals surface area (Å²) in [6, 6.07) is 0.